The van der Waals surface area contributed by atoms with Crippen molar-refractivity contribution in [2.45, 2.75) is 11.5 Å². The number of halogens is 1. The molecule has 126 valence electrons. The van der Waals surface area contributed by atoms with Crippen LogP contribution < -0.4 is 0 Å². The number of hydrogen-bond donors (Lipinski definition) is 0. The minimum Gasteiger partial charge on any atom is -0.457 e. The van der Waals surface area contributed by atoms with Gasteiger partial charge in [0.05, 0.1) is 10.6 Å². The predicted molar refractivity (Wildman–Crippen MR) is 104 cm³/mol. The molecule has 25 heavy (non-hydrogen) atoms. The Morgan fingerprint density at radius 3 is 2.32 bits per heavy atom. The van der Waals surface area contributed by atoms with Gasteiger partial charge in [-0.2, -0.15) is 0 Å². The van der Waals surface area contributed by atoms with Gasteiger partial charge < -0.3 is 4.74 Å². The molecule has 3 aromatic carbocycles. The summed E-state index contributed by atoms with van der Waals surface area (Å²) < 4.78 is 5.41. The van der Waals surface area contributed by atoms with Gasteiger partial charge in [-0.3, -0.25) is 0 Å². The van der Waals surface area contributed by atoms with Crippen molar-refractivity contribution in [2.24, 2.45) is 0 Å². The molecule has 0 heterocycles. The zero-order valence-electron chi connectivity index (χ0n) is 13.7. The maximum Gasteiger partial charge on any atom is 0.340 e. The summed E-state index contributed by atoms with van der Waals surface area (Å²) in [5, 5.41) is 0.405. The molecule has 0 spiro atoms. The molecule has 0 aliphatic carbocycles. The molecule has 3 rings (SSSR count). The largest absolute Gasteiger partial charge is 0.457 e. The zero-order valence-corrected chi connectivity index (χ0v) is 15.3. The highest BCUT2D eigenvalue weighted by Crippen LogP contribution is 2.24. The van der Waals surface area contributed by atoms with Crippen LogP contribution in [0.4, 0.5) is 0 Å². The molecule has 0 atom stereocenters. The van der Waals surface area contributed by atoms with Crippen molar-refractivity contribution < 1.29 is 9.53 Å². The van der Waals surface area contributed by atoms with Crippen LogP contribution in [0.3, 0.4) is 0 Å². The van der Waals surface area contributed by atoms with Crippen LogP contribution in [0.25, 0.3) is 11.1 Å². The Balaban J connectivity index is 1.66. The predicted octanol–water partition coefficient (Wildman–Crippen LogP) is 6.09. The lowest BCUT2D eigenvalue weighted by molar-refractivity contribution is 0.0472. The number of benzene rings is 3. The molecular weight excluding hydrogens is 352 g/mol. The van der Waals surface area contributed by atoms with Crippen molar-refractivity contribution in [2.75, 3.05) is 6.26 Å². The van der Waals surface area contributed by atoms with E-state index in [0.717, 1.165) is 21.6 Å². The highest BCUT2D eigenvalue weighted by molar-refractivity contribution is 7.98. The molecule has 0 saturated carbocycles. The number of ether oxygens (including phenoxy) is 1. The molecule has 2 nitrogen and oxygen atoms in total. The van der Waals surface area contributed by atoms with Crippen LogP contribution in [0.2, 0.25) is 5.02 Å². The third-order valence-electron chi connectivity index (χ3n) is 3.82. The SMILES string of the molecule is CSc1ccc(Cl)c(C(=O)OCc2ccc(-c3ccccc3)cc2)c1. The lowest BCUT2D eigenvalue weighted by Crippen LogP contribution is -2.06. The van der Waals surface area contributed by atoms with Gasteiger partial charge in [0, 0.05) is 4.90 Å². The first-order valence-electron chi connectivity index (χ1n) is 7.82. The molecule has 4 heteroatoms. The fourth-order valence-corrected chi connectivity index (χ4v) is 3.07. The molecule has 0 aliphatic heterocycles. The Labute approximate surface area is 156 Å². The quantitative estimate of drug-likeness (QED) is 0.403. The van der Waals surface area contributed by atoms with Gasteiger partial charge in [0.15, 0.2) is 0 Å². The maximum atomic E-state index is 12.3. The van der Waals surface area contributed by atoms with Gasteiger partial charge in [-0.05, 0) is 41.1 Å². The lowest BCUT2D eigenvalue weighted by atomic mass is 10.0. The number of esters is 1. The Morgan fingerprint density at radius 2 is 1.64 bits per heavy atom. The van der Waals surface area contributed by atoms with Crippen molar-refractivity contribution in [3.05, 3.63) is 88.9 Å². The van der Waals surface area contributed by atoms with Gasteiger partial charge >= 0.3 is 5.97 Å². The van der Waals surface area contributed by atoms with E-state index in [4.69, 9.17) is 16.3 Å². The van der Waals surface area contributed by atoms with Crippen molar-refractivity contribution in [1.29, 1.82) is 0 Å². The van der Waals surface area contributed by atoms with Gasteiger partial charge in [-0.15, -0.1) is 11.8 Å². The molecule has 0 saturated heterocycles. The van der Waals surface area contributed by atoms with Crippen LogP contribution in [0.15, 0.2) is 77.7 Å². The first-order chi connectivity index (χ1) is 12.2. The van der Waals surface area contributed by atoms with Crippen LogP contribution in [-0.4, -0.2) is 12.2 Å². The highest BCUT2D eigenvalue weighted by Gasteiger charge is 2.13. The topological polar surface area (TPSA) is 26.3 Å². The van der Waals surface area contributed by atoms with E-state index in [1.807, 2.05) is 54.8 Å². The molecule has 0 unspecified atom stereocenters. The summed E-state index contributed by atoms with van der Waals surface area (Å²) in [6.45, 7) is 0.216. The van der Waals surface area contributed by atoms with E-state index in [0.29, 0.717) is 10.6 Å². The van der Waals surface area contributed by atoms with E-state index < -0.39 is 5.97 Å². The van der Waals surface area contributed by atoms with Gasteiger partial charge in [-0.1, -0.05) is 66.2 Å². The standard InChI is InChI=1S/C21H17ClO2S/c1-25-18-11-12-20(22)19(13-18)21(23)24-14-15-7-9-17(10-8-15)16-5-3-2-4-6-16/h2-13H,14H2,1H3. The molecule has 0 bridgehead atoms. The van der Waals surface area contributed by atoms with Crippen LogP contribution >= 0.6 is 23.4 Å². The van der Waals surface area contributed by atoms with Gasteiger partial charge in [0.2, 0.25) is 0 Å². The van der Waals surface area contributed by atoms with E-state index >= 15 is 0 Å². The summed E-state index contributed by atoms with van der Waals surface area (Å²) in [5.41, 5.74) is 3.62. The van der Waals surface area contributed by atoms with Crippen molar-refractivity contribution in [3.8, 4) is 11.1 Å². The Morgan fingerprint density at radius 1 is 0.960 bits per heavy atom. The molecule has 3 aromatic rings. The summed E-state index contributed by atoms with van der Waals surface area (Å²) >= 11 is 7.66. The molecule has 0 aromatic heterocycles. The van der Waals surface area contributed by atoms with E-state index in [2.05, 4.69) is 12.1 Å². The minimum atomic E-state index is -0.409. The summed E-state index contributed by atoms with van der Waals surface area (Å²) in [4.78, 5) is 13.3. The molecule has 0 aliphatic rings. The molecular formula is C21H17ClO2S. The fraction of sp³-hybridized carbons (Fsp3) is 0.0952. The van der Waals surface area contributed by atoms with Crippen LogP contribution in [-0.2, 0) is 11.3 Å². The second-order valence-electron chi connectivity index (χ2n) is 5.48. The zero-order chi connectivity index (χ0) is 17.6. The first-order valence-corrected chi connectivity index (χ1v) is 9.42. The molecule has 0 amide bonds. The average molecular weight is 369 g/mol. The number of carbonyl (C=O) groups excluding carboxylic acids is 1. The molecule has 0 fully saturated rings. The summed E-state index contributed by atoms with van der Waals surface area (Å²) in [7, 11) is 0. The van der Waals surface area contributed by atoms with E-state index in [9.17, 15) is 4.79 Å². The van der Waals surface area contributed by atoms with E-state index in [1.54, 1.807) is 23.9 Å². The van der Waals surface area contributed by atoms with Gasteiger partial charge in [0.1, 0.15) is 6.61 Å². The normalized spacial score (nSPS) is 10.5. The lowest BCUT2D eigenvalue weighted by Gasteiger charge is -2.08. The van der Waals surface area contributed by atoms with Crippen LogP contribution in [0, 0.1) is 0 Å². The van der Waals surface area contributed by atoms with Crippen LogP contribution in [0.5, 0.6) is 0 Å². The summed E-state index contributed by atoms with van der Waals surface area (Å²) in [6, 6.07) is 23.5. The Bertz CT molecular complexity index is 861. The minimum absolute atomic E-state index is 0.216. The second kappa shape index (κ2) is 8.24. The Kier molecular flexibility index (Phi) is 5.79. The third kappa shape index (κ3) is 4.44. The van der Waals surface area contributed by atoms with E-state index in [-0.39, 0.29) is 6.61 Å². The summed E-state index contributed by atoms with van der Waals surface area (Å²) in [5.74, 6) is -0.409. The number of hydrogen-bond acceptors (Lipinski definition) is 3. The smallest absolute Gasteiger partial charge is 0.340 e. The summed E-state index contributed by atoms with van der Waals surface area (Å²) in [6.07, 6.45) is 1.95. The van der Waals surface area contributed by atoms with E-state index in [1.165, 1.54) is 0 Å². The number of thioether (sulfide) groups is 1. The third-order valence-corrected chi connectivity index (χ3v) is 4.88. The molecule has 0 N–H and O–H groups in total. The van der Waals surface area contributed by atoms with Crippen molar-refractivity contribution in [1.82, 2.24) is 0 Å². The number of rotatable bonds is 5. The number of carbonyl (C=O) groups is 1. The van der Waals surface area contributed by atoms with Crippen LogP contribution in [0.1, 0.15) is 15.9 Å². The second-order valence-corrected chi connectivity index (χ2v) is 6.77. The fourth-order valence-electron chi connectivity index (χ4n) is 2.44. The van der Waals surface area contributed by atoms with Gasteiger partial charge in [0.25, 0.3) is 0 Å². The maximum absolute atomic E-state index is 12.3. The highest BCUT2D eigenvalue weighted by atomic mass is 35.5. The monoisotopic (exact) mass is 368 g/mol. The van der Waals surface area contributed by atoms with Crippen molar-refractivity contribution >= 4 is 29.3 Å². The molecule has 0 radical (unpaired) electrons. The van der Waals surface area contributed by atoms with Crippen molar-refractivity contribution in [3.63, 3.8) is 0 Å². The average Bonchev–Trinajstić information content (AvgIpc) is 2.67. The first kappa shape index (κ1) is 17.6. The van der Waals surface area contributed by atoms with Gasteiger partial charge in [-0.25, -0.2) is 4.79 Å². The Hall–Kier alpha value is -2.23.